The maximum atomic E-state index is 14.0. The summed E-state index contributed by atoms with van der Waals surface area (Å²) < 4.78 is 10.6. The number of rotatable bonds is 11. The number of methoxy groups -OCH3 is 1. The SMILES string of the molecule is COc1cnc(NC(=O)C2CCN(C(=O)O)N2C(=O)[C@H](CC2CCCC2)CN(C=O)OC2CCCCO2)nc1. The Bertz CT molecular complexity index is 999. The Balaban J connectivity index is 1.53. The van der Waals surface area contributed by atoms with Gasteiger partial charge in [0.05, 0.1) is 32.0 Å². The Morgan fingerprint density at radius 2 is 1.90 bits per heavy atom. The Morgan fingerprint density at radius 3 is 2.51 bits per heavy atom. The Hall–Kier alpha value is -3.52. The standard InChI is InChI=1S/C25H36N6O8/c1-37-19-13-26-24(27-14-19)28-22(33)20-9-10-30(25(35)36)31(20)23(34)18(12-17-6-2-3-7-17)15-29(16-32)39-21-8-4-5-11-38-21/h13-14,16-18,20-21H,2-12,15H2,1H3,(H,35,36)(H,26,27,28,33)/t18-,20?,21?/m1/s1. The zero-order valence-corrected chi connectivity index (χ0v) is 22.1. The predicted octanol–water partition coefficient (Wildman–Crippen LogP) is 2.03. The van der Waals surface area contributed by atoms with E-state index in [9.17, 15) is 24.3 Å². The van der Waals surface area contributed by atoms with Crippen molar-refractivity contribution < 1.29 is 38.6 Å². The number of hydrogen-bond donors (Lipinski definition) is 2. The fraction of sp³-hybridized carbons (Fsp3) is 0.680. The summed E-state index contributed by atoms with van der Waals surface area (Å²) in [5.41, 5.74) is 0. The van der Waals surface area contributed by atoms with Gasteiger partial charge in [-0.1, -0.05) is 25.7 Å². The van der Waals surface area contributed by atoms with E-state index in [1.165, 1.54) is 19.5 Å². The van der Waals surface area contributed by atoms with Gasteiger partial charge in [-0.05, 0) is 31.6 Å². The molecule has 0 spiro atoms. The molecule has 3 heterocycles. The molecule has 0 radical (unpaired) electrons. The largest absolute Gasteiger partial charge is 0.494 e. The molecule has 0 aromatic carbocycles. The zero-order chi connectivity index (χ0) is 27.8. The molecule has 3 aliphatic rings. The number of hydrogen-bond acceptors (Lipinski definition) is 9. The van der Waals surface area contributed by atoms with Crippen molar-refractivity contribution in [2.24, 2.45) is 11.8 Å². The molecule has 1 saturated carbocycles. The lowest BCUT2D eigenvalue weighted by atomic mass is 9.92. The smallest absolute Gasteiger partial charge is 0.426 e. The minimum Gasteiger partial charge on any atom is -0.494 e. The summed E-state index contributed by atoms with van der Waals surface area (Å²) in [6.07, 6.45) is 8.30. The van der Waals surface area contributed by atoms with Gasteiger partial charge in [-0.25, -0.2) is 34.7 Å². The monoisotopic (exact) mass is 548 g/mol. The highest BCUT2D eigenvalue weighted by Crippen LogP contribution is 2.33. The second-order valence-corrected chi connectivity index (χ2v) is 10.0. The number of anilines is 1. The highest BCUT2D eigenvalue weighted by Gasteiger charge is 2.45. The van der Waals surface area contributed by atoms with Crippen LogP contribution in [0.1, 0.15) is 57.8 Å². The first kappa shape index (κ1) is 28.5. The first-order valence-electron chi connectivity index (χ1n) is 13.4. The summed E-state index contributed by atoms with van der Waals surface area (Å²) in [6.45, 7) is 0.402. The molecule has 3 atom stereocenters. The van der Waals surface area contributed by atoms with Crippen molar-refractivity contribution in [1.29, 1.82) is 0 Å². The van der Waals surface area contributed by atoms with Gasteiger partial charge in [-0.3, -0.25) is 19.7 Å². The lowest BCUT2D eigenvalue weighted by Crippen LogP contribution is -2.55. The number of ether oxygens (including phenoxy) is 2. The van der Waals surface area contributed by atoms with Crippen molar-refractivity contribution in [3.8, 4) is 5.75 Å². The molecule has 214 valence electrons. The van der Waals surface area contributed by atoms with Gasteiger partial charge in [0.15, 0.2) is 12.0 Å². The summed E-state index contributed by atoms with van der Waals surface area (Å²) in [6, 6.07) is -1.10. The van der Waals surface area contributed by atoms with Crippen molar-refractivity contribution in [2.75, 3.05) is 32.1 Å². The van der Waals surface area contributed by atoms with Gasteiger partial charge in [0.25, 0.3) is 5.91 Å². The van der Waals surface area contributed by atoms with E-state index in [2.05, 4.69) is 15.3 Å². The topological polar surface area (TPSA) is 164 Å². The Morgan fingerprint density at radius 1 is 1.18 bits per heavy atom. The van der Waals surface area contributed by atoms with Crippen LogP contribution in [0.2, 0.25) is 0 Å². The minimum absolute atomic E-state index is 0.00232. The third-order valence-electron chi connectivity index (χ3n) is 7.37. The number of nitrogens with zero attached hydrogens (tertiary/aromatic N) is 5. The molecule has 2 N–H and O–H groups in total. The van der Waals surface area contributed by atoms with Crippen LogP contribution in [0, 0.1) is 11.8 Å². The first-order chi connectivity index (χ1) is 18.9. The van der Waals surface area contributed by atoms with E-state index in [1.807, 2.05) is 0 Å². The first-order valence-corrected chi connectivity index (χ1v) is 13.4. The molecular weight excluding hydrogens is 512 g/mol. The number of nitrogens with one attached hydrogen (secondary N) is 1. The van der Waals surface area contributed by atoms with E-state index in [0.717, 1.165) is 53.6 Å². The van der Waals surface area contributed by atoms with E-state index in [1.54, 1.807) is 0 Å². The molecule has 0 bridgehead atoms. The molecular formula is C25H36N6O8. The fourth-order valence-electron chi connectivity index (χ4n) is 5.39. The predicted molar refractivity (Wildman–Crippen MR) is 135 cm³/mol. The number of aromatic nitrogens is 2. The van der Waals surface area contributed by atoms with E-state index < -0.39 is 36.2 Å². The van der Waals surface area contributed by atoms with Crippen molar-refractivity contribution in [3.63, 3.8) is 0 Å². The molecule has 1 aromatic heterocycles. The summed E-state index contributed by atoms with van der Waals surface area (Å²) in [4.78, 5) is 65.0. The van der Waals surface area contributed by atoms with E-state index in [4.69, 9.17) is 14.3 Å². The lowest BCUT2D eigenvalue weighted by Gasteiger charge is -2.35. The summed E-state index contributed by atoms with van der Waals surface area (Å²) in [7, 11) is 1.46. The van der Waals surface area contributed by atoms with Gasteiger partial charge in [0.1, 0.15) is 6.04 Å². The summed E-state index contributed by atoms with van der Waals surface area (Å²) in [5, 5.41) is 15.3. The lowest BCUT2D eigenvalue weighted by molar-refractivity contribution is -0.276. The third kappa shape index (κ3) is 7.32. The van der Waals surface area contributed by atoms with Crippen LogP contribution in [0.3, 0.4) is 0 Å². The molecule has 2 aliphatic heterocycles. The minimum atomic E-state index is -1.35. The van der Waals surface area contributed by atoms with Crippen molar-refractivity contribution in [3.05, 3.63) is 12.4 Å². The van der Waals surface area contributed by atoms with Crippen molar-refractivity contribution >= 4 is 30.3 Å². The summed E-state index contributed by atoms with van der Waals surface area (Å²) in [5.74, 6) is -1.31. The average Bonchev–Trinajstić information content (AvgIpc) is 3.63. The van der Waals surface area contributed by atoms with Crippen molar-refractivity contribution in [2.45, 2.75) is 70.1 Å². The summed E-state index contributed by atoms with van der Waals surface area (Å²) >= 11 is 0. The second-order valence-electron chi connectivity index (χ2n) is 10.0. The van der Waals surface area contributed by atoms with Gasteiger partial charge >= 0.3 is 6.09 Å². The number of carboxylic acid groups (broad SMARTS) is 1. The maximum absolute atomic E-state index is 14.0. The average molecular weight is 549 g/mol. The van der Waals surface area contributed by atoms with Gasteiger partial charge in [-0.2, -0.15) is 0 Å². The van der Waals surface area contributed by atoms with E-state index >= 15 is 0 Å². The third-order valence-corrected chi connectivity index (χ3v) is 7.37. The van der Waals surface area contributed by atoms with Crippen LogP contribution in [0.25, 0.3) is 0 Å². The quantitative estimate of drug-likeness (QED) is 0.309. The molecule has 2 unspecified atom stereocenters. The Labute approximate surface area is 226 Å². The fourth-order valence-corrected chi connectivity index (χ4v) is 5.39. The van der Waals surface area contributed by atoms with Crippen LogP contribution >= 0.6 is 0 Å². The van der Waals surface area contributed by atoms with Gasteiger partial charge in [0.2, 0.25) is 18.3 Å². The highest BCUT2D eigenvalue weighted by atomic mass is 16.8. The van der Waals surface area contributed by atoms with Crippen LogP contribution < -0.4 is 10.1 Å². The molecule has 4 amide bonds. The second kappa shape index (κ2) is 13.5. The van der Waals surface area contributed by atoms with Gasteiger partial charge < -0.3 is 14.6 Å². The molecule has 14 nitrogen and oxygen atoms in total. The van der Waals surface area contributed by atoms with E-state index in [-0.39, 0.29) is 31.4 Å². The van der Waals surface area contributed by atoms with Crippen molar-refractivity contribution in [1.82, 2.24) is 25.0 Å². The zero-order valence-electron chi connectivity index (χ0n) is 22.1. The number of carbonyl (C=O) groups is 4. The molecule has 1 aromatic rings. The van der Waals surface area contributed by atoms with Crippen LogP contribution in [-0.2, 0) is 24.0 Å². The maximum Gasteiger partial charge on any atom is 0.426 e. The number of hydroxylamine groups is 2. The molecule has 39 heavy (non-hydrogen) atoms. The normalized spacial score (nSPS) is 22.4. The molecule has 2 saturated heterocycles. The van der Waals surface area contributed by atoms with Crippen LogP contribution in [0.4, 0.5) is 10.7 Å². The van der Waals surface area contributed by atoms with Crippen LogP contribution in [0.5, 0.6) is 5.75 Å². The number of amides is 4. The van der Waals surface area contributed by atoms with Gasteiger partial charge in [-0.15, -0.1) is 0 Å². The molecule has 1 aliphatic carbocycles. The Kier molecular flexibility index (Phi) is 9.87. The number of hydrazine groups is 1. The van der Waals surface area contributed by atoms with Crippen LogP contribution in [-0.4, -0.2) is 93.6 Å². The van der Waals surface area contributed by atoms with E-state index in [0.29, 0.717) is 31.6 Å². The number of carbonyl (C=O) groups excluding carboxylic acids is 3. The molecule has 4 rings (SSSR count). The molecule has 3 fully saturated rings. The highest BCUT2D eigenvalue weighted by molar-refractivity contribution is 5.97. The van der Waals surface area contributed by atoms with Crippen LogP contribution in [0.15, 0.2) is 12.4 Å². The molecule has 14 heteroatoms. The van der Waals surface area contributed by atoms with Gasteiger partial charge in [0, 0.05) is 19.6 Å².